The molecule has 1 aromatic carbocycles. The molecule has 38 heavy (non-hydrogen) atoms. The lowest BCUT2D eigenvalue weighted by Crippen LogP contribution is -2.46. The van der Waals surface area contributed by atoms with Crippen LogP contribution in [0.4, 0.5) is 0 Å². The van der Waals surface area contributed by atoms with Crippen molar-refractivity contribution < 1.29 is 9.90 Å². The molecule has 2 aliphatic carbocycles. The minimum Gasteiger partial charge on any atom is -0.392 e. The Hall–Kier alpha value is -4.41. The van der Waals surface area contributed by atoms with Crippen LogP contribution in [0.3, 0.4) is 0 Å². The first-order chi connectivity index (χ1) is 18.4. The van der Waals surface area contributed by atoms with Crippen molar-refractivity contribution in [2.45, 2.75) is 38.7 Å². The van der Waals surface area contributed by atoms with Gasteiger partial charge in [-0.2, -0.15) is 5.10 Å². The van der Waals surface area contributed by atoms with Gasteiger partial charge in [0.2, 0.25) is 5.70 Å². The summed E-state index contributed by atoms with van der Waals surface area (Å²) >= 11 is 0. The van der Waals surface area contributed by atoms with Crippen LogP contribution in [-0.2, 0) is 23.2 Å². The standard InChI is InChI=1S/C31H27N5O2/c1-19-24-12-11-23-28(25-9-4-5-14-33-25)35-36(30(23)31(24,2)16-26(32-3)29(19)38)27-13-10-22(17-34-27)21-8-6-7-20(15-21)18-37/h4-10,13-17,19,24,37H,11-12,18H2,1-2H3/t19-,24-,31-/m1/s1. The summed E-state index contributed by atoms with van der Waals surface area (Å²) in [6.07, 6.45) is 7.04. The molecular weight excluding hydrogens is 474 g/mol. The molecule has 3 heterocycles. The van der Waals surface area contributed by atoms with Crippen LogP contribution in [-0.4, -0.2) is 30.6 Å². The molecule has 0 fully saturated rings. The summed E-state index contributed by atoms with van der Waals surface area (Å²) < 4.78 is 1.89. The molecule has 3 aromatic heterocycles. The quantitative estimate of drug-likeness (QED) is 0.382. The molecule has 7 heteroatoms. The third kappa shape index (κ3) is 3.68. The number of fused-ring (bicyclic) bond motifs is 3. The summed E-state index contributed by atoms with van der Waals surface area (Å²) in [6, 6.07) is 17.5. The lowest BCUT2D eigenvalue weighted by atomic mass is 9.58. The van der Waals surface area contributed by atoms with E-state index in [1.165, 1.54) is 0 Å². The number of rotatable bonds is 4. The van der Waals surface area contributed by atoms with Crippen LogP contribution >= 0.6 is 0 Å². The van der Waals surface area contributed by atoms with Crippen LogP contribution in [0.5, 0.6) is 0 Å². The maximum Gasteiger partial charge on any atom is 0.226 e. The number of aromatic nitrogens is 4. The summed E-state index contributed by atoms with van der Waals surface area (Å²) in [5.74, 6) is 0.391. The lowest BCUT2D eigenvalue weighted by molar-refractivity contribution is -0.121. The number of allylic oxidation sites excluding steroid dienone is 2. The zero-order valence-electron chi connectivity index (χ0n) is 21.3. The predicted molar refractivity (Wildman–Crippen MR) is 144 cm³/mol. The van der Waals surface area contributed by atoms with E-state index in [0.29, 0.717) is 5.82 Å². The molecule has 0 bridgehead atoms. The molecule has 4 aromatic rings. The van der Waals surface area contributed by atoms with Crippen molar-refractivity contribution in [2.24, 2.45) is 11.8 Å². The topological polar surface area (TPSA) is 85.3 Å². The van der Waals surface area contributed by atoms with E-state index in [1.54, 1.807) is 6.20 Å². The fourth-order valence-corrected chi connectivity index (χ4v) is 6.22. The van der Waals surface area contributed by atoms with Crippen molar-refractivity contribution in [3.63, 3.8) is 0 Å². The summed E-state index contributed by atoms with van der Waals surface area (Å²) in [5.41, 5.74) is 6.05. The number of benzene rings is 1. The fourth-order valence-electron chi connectivity index (χ4n) is 6.22. The normalized spacial score (nSPS) is 22.3. The van der Waals surface area contributed by atoms with Gasteiger partial charge in [0, 0.05) is 34.9 Å². The fraction of sp³-hybridized carbons (Fsp3) is 0.258. The number of hydrogen-bond acceptors (Lipinski definition) is 5. The lowest BCUT2D eigenvalue weighted by Gasteiger charge is -2.45. The summed E-state index contributed by atoms with van der Waals surface area (Å²) in [4.78, 5) is 25.9. The molecule has 6 rings (SSSR count). The number of carbonyl (C=O) groups is 1. The SMILES string of the molecule is [C-]#[N+]C1=C[C@@]2(C)c3c(c(-c4ccccn4)nn3-c3ccc(-c4cccc(CO)c4)cn3)CC[C@@H]2[C@@H](C)C1=O. The van der Waals surface area contributed by atoms with Crippen LogP contribution in [0.2, 0.25) is 0 Å². The Labute approximate surface area is 221 Å². The van der Waals surface area contributed by atoms with Crippen molar-refractivity contribution in [3.05, 3.63) is 107 Å². The van der Waals surface area contributed by atoms with Crippen LogP contribution < -0.4 is 0 Å². The van der Waals surface area contributed by atoms with E-state index < -0.39 is 5.41 Å². The van der Waals surface area contributed by atoms with Gasteiger partial charge >= 0.3 is 0 Å². The molecule has 0 radical (unpaired) electrons. The molecule has 0 aliphatic heterocycles. The number of aliphatic hydroxyl groups is 1. The maximum atomic E-state index is 12.9. The smallest absolute Gasteiger partial charge is 0.226 e. The minimum absolute atomic E-state index is 0.0180. The van der Waals surface area contributed by atoms with Gasteiger partial charge in [0.1, 0.15) is 5.69 Å². The summed E-state index contributed by atoms with van der Waals surface area (Å²) in [7, 11) is 0. The molecule has 0 amide bonds. The Kier molecular flexibility index (Phi) is 5.77. The molecule has 0 spiro atoms. The Morgan fingerprint density at radius 1 is 1.13 bits per heavy atom. The van der Waals surface area contributed by atoms with Gasteiger partial charge in [-0.3, -0.25) is 4.98 Å². The van der Waals surface area contributed by atoms with Crippen molar-refractivity contribution in [3.8, 4) is 28.3 Å². The van der Waals surface area contributed by atoms with Crippen LogP contribution in [0.1, 0.15) is 37.1 Å². The van der Waals surface area contributed by atoms with E-state index in [2.05, 4.69) is 16.8 Å². The van der Waals surface area contributed by atoms with E-state index in [4.69, 9.17) is 16.7 Å². The van der Waals surface area contributed by atoms with Gasteiger partial charge in [0.25, 0.3) is 0 Å². The molecule has 0 unspecified atom stereocenters. The molecule has 1 N–H and O–H groups in total. The second-order valence-electron chi connectivity index (χ2n) is 10.3. The second-order valence-corrected chi connectivity index (χ2v) is 10.3. The molecule has 188 valence electrons. The number of pyridine rings is 2. The first-order valence-electron chi connectivity index (χ1n) is 12.8. The zero-order chi connectivity index (χ0) is 26.4. The number of ketones is 1. The molecule has 0 saturated heterocycles. The number of hydrogen-bond donors (Lipinski definition) is 1. The van der Waals surface area contributed by atoms with E-state index in [-0.39, 0.29) is 29.9 Å². The molecule has 2 aliphatic rings. The van der Waals surface area contributed by atoms with Gasteiger partial charge in [-0.05, 0) is 60.2 Å². The van der Waals surface area contributed by atoms with Gasteiger partial charge in [0.15, 0.2) is 11.6 Å². The largest absolute Gasteiger partial charge is 0.392 e. The third-order valence-corrected chi connectivity index (χ3v) is 8.11. The predicted octanol–water partition coefficient (Wildman–Crippen LogP) is 5.33. The Morgan fingerprint density at radius 2 is 2.00 bits per heavy atom. The molecular formula is C31H27N5O2. The van der Waals surface area contributed by atoms with Gasteiger partial charge in [-0.15, -0.1) is 0 Å². The van der Waals surface area contributed by atoms with Crippen LogP contribution in [0, 0.1) is 18.4 Å². The Balaban J connectivity index is 1.54. The zero-order valence-corrected chi connectivity index (χ0v) is 21.3. The third-order valence-electron chi connectivity index (χ3n) is 8.11. The van der Waals surface area contributed by atoms with Crippen molar-refractivity contribution in [1.29, 1.82) is 0 Å². The summed E-state index contributed by atoms with van der Waals surface area (Å²) in [6.45, 7) is 11.7. The maximum absolute atomic E-state index is 12.9. The molecule has 0 saturated carbocycles. The first kappa shape index (κ1) is 24.0. The van der Waals surface area contributed by atoms with E-state index >= 15 is 0 Å². The monoisotopic (exact) mass is 501 g/mol. The highest BCUT2D eigenvalue weighted by Crippen LogP contribution is 2.52. The highest BCUT2D eigenvalue weighted by Gasteiger charge is 2.50. The van der Waals surface area contributed by atoms with Crippen LogP contribution in [0.25, 0.3) is 33.2 Å². The molecule has 3 atom stereocenters. The van der Waals surface area contributed by atoms with Crippen molar-refractivity contribution >= 4 is 5.78 Å². The van der Waals surface area contributed by atoms with Crippen molar-refractivity contribution in [1.82, 2.24) is 19.7 Å². The van der Waals surface area contributed by atoms with E-state index in [1.807, 2.05) is 78.5 Å². The number of aliphatic hydroxyl groups excluding tert-OH is 1. The van der Waals surface area contributed by atoms with Gasteiger partial charge in [-0.25, -0.2) is 14.5 Å². The Bertz CT molecular complexity index is 1610. The average Bonchev–Trinajstić information content (AvgIpc) is 3.37. The highest BCUT2D eigenvalue weighted by atomic mass is 16.3. The highest BCUT2D eigenvalue weighted by molar-refractivity contribution is 6.00. The van der Waals surface area contributed by atoms with Crippen molar-refractivity contribution in [2.75, 3.05) is 0 Å². The average molecular weight is 502 g/mol. The van der Waals surface area contributed by atoms with Crippen LogP contribution in [0.15, 0.2) is 78.8 Å². The number of Topliss-reactive ketones (excluding diaryl/α,β-unsaturated/α-hetero) is 1. The summed E-state index contributed by atoms with van der Waals surface area (Å²) in [5, 5.41) is 14.6. The molecule has 7 nitrogen and oxygen atoms in total. The Morgan fingerprint density at radius 3 is 2.71 bits per heavy atom. The minimum atomic E-state index is -0.559. The first-order valence-corrected chi connectivity index (χ1v) is 12.8. The van der Waals surface area contributed by atoms with Gasteiger partial charge in [0.05, 0.1) is 24.6 Å². The second kappa shape index (κ2) is 9.16. The van der Waals surface area contributed by atoms with E-state index in [9.17, 15) is 9.90 Å². The van der Waals surface area contributed by atoms with E-state index in [0.717, 1.165) is 52.2 Å². The van der Waals surface area contributed by atoms with Gasteiger partial charge in [-0.1, -0.05) is 44.2 Å². The number of carbonyl (C=O) groups excluding carboxylic acids is 1. The number of nitrogens with zero attached hydrogens (tertiary/aromatic N) is 5. The van der Waals surface area contributed by atoms with Gasteiger partial charge < -0.3 is 9.90 Å².